The number of ether oxygens (including phenoxy) is 2. The van der Waals surface area contributed by atoms with Gasteiger partial charge in [0.1, 0.15) is 12.2 Å². The van der Waals surface area contributed by atoms with Gasteiger partial charge in [0.2, 0.25) is 5.91 Å². The molecule has 1 fully saturated rings. The standard InChI is InChI=1S/C18H21N3O5/c1-21-14-5-3-2-4-11(14)8-12(18(21)24)17(23)20-13-9-25-7-6-15(13)26-10-16(19)22/h2-5,8,13,15H,6-7,9-10H2,1H3,(H2,19,22)(H,20,23)/t13-,15+/m1/s1. The maximum Gasteiger partial charge on any atom is 0.263 e. The molecule has 3 N–H and O–H groups in total. The Morgan fingerprint density at radius 3 is 2.92 bits per heavy atom. The first-order valence-electron chi connectivity index (χ1n) is 8.34. The fraction of sp³-hybridized carbons (Fsp3) is 0.389. The van der Waals surface area contributed by atoms with Crippen molar-refractivity contribution in [3.05, 3.63) is 46.2 Å². The van der Waals surface area contributed by atoms with E-state index in [0.717, 1.165) is 10.9 Å². The number of primary amides is 1. The third-order valence-corrected chi connectivity index (χ3v) is 4.43. The Balaban J connectivity index is 1.82. The van der Waals surface area contributed by atoms with Gasteiger partial charge in [-0.05, 0) is 23.9 Å². The maximum absolute atomic E-state index is 12.7. The summed E-state index contributed by atoms with van der Waals surface area (Å²) < 4.78 is 12.3. The molecule has 2 atom stereocenters. The minimum absolute atomic E-state index is 0.0467. The summed E-state index contributed by atoms with van der Waals surface area (Å²) >= 11 is 0. The highest BCUT2D eigenvalue weighted by atomic mass is 16.5. The van der Waals surface area contributed by atoms with E-state index in [1.807, 2.05) is 24.3 Å². The fourth-order valence-corrected chi connectivity index (χ4v) is 3.07. The monoisotopic (exact) mass is 359 g/mol. The lowest BCUT2D eigenvalue weighted by molar-refractivity contribution is -0.128. The number of nitrogens with zero attached hydrogens (tertiary/aromatic N) is 1. The number of nitrogens with one attached hydrogen (secondary N) is 1. The molecule has 0 saturated carbocycles. The number of benzene rings is 1. The van der Waals surface area contributed by atoms with E-state index >= 15 is 0 Å². The van der Waals surface area contributed by atoms with Gasteiger partial charge in [0.05, 0.1) is 24.3 Å². The largest absolute Gasteiger partial charge is 0.379 e. The van der Waals surface area contributed by atoms with Gasteiger partial charge in [0.25, 0.3) is 11.5 Å². The second-order valence-corrected chi connectivity index (χ2v) is 6.24. The number of rotatable bonds is 5. The van der Waals surface area contributed by atoms with Gasteiger partial charge in [-0.15, -0.1) is 0 Å². The van der Waals surface area contributed by atoms with Crippen LogP contribution < -0.4 is 16.6 Å². The number of aryl methyl sites for hydroxylation is 1. The summed E-state index contributed by atoms with van der Waals surface area (Å²) in [6, 6.07) is 8.45. The van der Waals surface area contributed by atoms with Crippen molar-refractivity contribution < 1.29 is 19.1 Å². The molecule has 1 aromatic carbocycles. The van der Waals surface area contributed by atoms with Crippen molar-refractivity contribution in [2.24, 2.45) is 12.8 Å². The molecule has 0 bridgehead atoms. The Kier molecular flexibility index (Phi) is 5.34. The molecule has 1 aliphatic rings. The van der Waals surface area contributed by atoms with Crippen molar-refractivity contribution in [3.8, 4) is 0 Å². The number of aromatic nitrogens is 1. The number of nitrogens with two attached hydrogens (primary N) is 1. The van der Waals surface area contributed by atoms with Crippen LogP contribution in [0.3, 0.4) is 0 Å². The van der Waals surface area contributed by atoms with Crippen LogP contribution in [0, 0.1) is 0 Å². The third-order valence-electron chi connectivity index (χ3n) is 4.43. The highest BCUT2D eigenvalue weighted by molar-refractivity contribution is 5.97. The molecule has 8 heteroatoms. The van der Waals surface area contributed by atoms with Crippen molar-refractivity contribution in [1.29, 1.82) is 0 Å². The van der Waals surface area contributed by atoms with Crippen molar-refractivity contribution in [3.63, 3.8) is 0 Å². The molecule has 138 valence electrons. The lowest BCUT2D eigenvalue weighted by Gasteiger charge is -2.31. The van der Waals surface area contributed by atoms with Gasteiger partial charge >= 0.3 is 0 Å². The number of carbonyl (C=O) groups is 2. The topological polar surface area (TPSA) is 113 Å². The predicted octanol–water partition coefficient (Wildman–Crippen LogP) is -0.0723. The van der Waals surface area contributed by atoms with Crippen LogP contribution in [-0.4, -0.2) is 48.3 Å². The first kappa shape index (κ1) is 18.1. The molecule has 0 unspecified atom stereocenters. The number of amides is 2. The van der Waals surface area contributed by atoms with Crippen LogP contribution in [0.5, 0.6) is 0 Å². The predicted molar refractivity (Wildman–Crippen MR) is 94.8 cm³/mol. The molecule has 0 radical (unpaired) electrons. The average molecular weight is 359 g/mol. The first-order chi connectivity index (χ1) is 12.5. The summed E-state index contributed by atoms with van der Waals surface area (Å²) in [5.41, 5.74) is 5.52. The molecule has 8 nitrogen and oxygen atoms in total. The molecule has 0 aliphatic carbocycles. The smallest absolute Gasteiger partial charge is 0.263 e. The Bertz CT molecular complexity index is 892. The molecule has 26 heavy (non-hydrogen) atoms. The molecular weight excluding hydrogens is 338 g/mol. The first-order valence-corrected chi connectivity index (χ1v) is 8.34. The van der Waals surface area contributed by atoms with E-state index in [4.69, 9.17) is 15.2 Å². The minimum atomic E-state index is -0.579. The van der Waals surface area contributed by atoms with E-state index in [1.165, 1.54) is 4.57 Å². The molecule has 2 heterocycles. The van der Waals surface area contributed by atoms with Gasteiger partial charge in [-0.25, -0.2) is 0 Å². The molecule has 2 amide bonds. The average Bonchev–Trinajstić information content (AvgIpc) is 2.63. The van der Waals surface area contributed by atoms with Crippen molar-refractivity contribution in [2.45, 2.75) is 18.6 Å². The quantitative estimate of drug-likeness (QED) is 0.776. The van der Waals surface area contributed by atoms with Crippen LogP contribution in [0.15, 0.2) is 35.1 Å². The number of fused-ring (bicyclic) bond motifs is 1. The van der Waals surface area contributed by atoms with E-state index < -0.39 is 24.0 Å². The zero-order chi connectivity index (χ0) is 18.7. The van der Waals surface area contributed by atoms with E-state index in [0.29, 0.717) is 13.0 Å². The minimum Gasteiger partial charge on any atom is -0.379 e. The summed E-state index contributed by atoms with van der Waals surface area (Å²) in [6.07, 6.45) is 0.123. The van der Waals surface area contributed by atoms with Gasteiger partial charge in [0, 0.05) is 13.7 Å². The fourth-order valence-electron chi connectivity index (χ4n) is 3.07. The second kappa shape index (κ2) is 7.67. The van der Waals surface area contributed by atoms with E-state index in [-0.39, 0.29) is 24.3 Å². The van der Waals surface area contributed by atoms with E-state index in [1.54, 1.807) is 13.1 Å². The van der Waals surface area contributed by atoms with Gasteiger partial charge in [0.15, 0.2) is 0 Å². The zero-order valence-corrected chi connectivity index (χ0v) is 14.4. The molecule has 0 spiro atoms. The van der Waals surface area contributed by atoms with Crippen molar-refractivity contribution in [2.75, 3.05) is 19.8 Å². The zero-order valence-electron chi connectivity index (χ0n) is 14.4. The number of carbonyl (C=O) groups excluding carboxylic acids is 2. The Hall–Kier alpha value is -2.71. The van der Waals surface area contributed by atoms with Crippen LogP contribution in [0.2, 0.25) is 0 Å². The summed E-state index contributed by atoms with van der Waals surface area (Å²) in [5, 5.41) is 3.58. The Morgan fingerprint density at radius 2 is 2.15 bits per heavy atom. The lowest BCUT2D eigenvalue weighted by atomic mass is 10.1. The van der Waals surface area contributed by atoms with Crippen LogP contribution in [-0.2, 0) is 21.3 Å². The molecule has 2 aromatic rings. The summed E-state index contributed by atoms with van der Waals surface area (Å²) in [5.74, 6) is -1.08. The normalized spacial score (nSPS) is 20.0. The number of hydrogen-bond acceptors (Lipinski definition) is 5. The Labute approximate surface area is 149 Å². The Morgan fingerprint density at radius 1 is 1.38 bits per heavy atom. The molecule has 1 saturated heterocycles. The summed E-state index contributed by atoms with van der Waals surface area (Å²) in [7, 11) is 1.63. The number of pyridine rings is 1. The molecular formula is C18H21N3O5. The molecule has 3 rings (SSSR count). The third kappa shape index (κ3) is 3.76. The van der Waals surface area contributed by atoms with Crippen LogP contribution in [0.1, 0.15) is 16.8 Å². The van der Waals surface area contributed by atoms with E-state index in [9.17, 15) is 14.4 Å². The van der Waals surface area contributed by atoms with Crippen LogP contribution in [0.4, 0.5) is 0 Å². The van der Waals surface area contributed by atoms with Gasteiger partial charge in [-0.1, -0.05) is 18.2 Å². The number of para-hydroxylation sites is 1. The van der Waals surface area contributed by atoms with Gasteiger partial charge in [-0.2, -0.15) is 0 Å². The molecule has 1 aromatic heterocycles. The highest BCUT2D eigenvalue weighted by Gasteiger charge is 2.29. The number of hydrogen-bond donors (Lipinski definition) is 2. The maximum atomic E-state index is 12.7. The summed E-state index contributed by atoms with van der Waals surface area (Å²) in [6.45, 7) is 0.478. The van der Waals surface area contributed by atoms with Gasteiger partial charge in [-0.3, -0.25) is 14.4 Å². The summed E-state index contributed by atoms with van der Waals surface area (Å²) in [4.78, 5) is 36.2. The van der Waals surface area contributed by atoms with Crippen molar-refractivity contribution in [1.82, 2.24) is 9.88 Å². The van der Waals surface area contributed by atoms with E-state index in [2.05, 4.69) is 5.32 Å². The van der Waals surface area contributed by atoms with Crippen LogP contribution in [0.25, 0.3) is 10.9 Å². The lowest BCUT2D eigenvalue weighted by Crippen LogP contribution is -2.52. The van der Waals surface area contributed by atoms with Crippen LogP contribution >= 0.6 is 0 Å². The van der Waals surface area contributed by atoms with Gasteiger partial charge < -0.3 is 25.1 Å². The second-order valence-electron chi connectivity index (χ2n) is 6.24. The molecule has 1 aliphatic heterocycles. The highest BCUT2D eigenvalue weighted by Crippen LogP contribution is 2.15. The SMILES string of the molecule is Cn1c(=O)c(C(=O)N[C@@H]2COCC[C@@H]2OCC(N)=O)cc2ccccc21. The van der Waals surface area contributed by atoms with Crippen molar-refractivity contribution >= 4 is 22.7 Å².